The number of aromatic nitrogens is 3. The van der Waals surface area contributed by atoms with Crippen molar-refractivity contribution >= 4 is 29.1 Å². The number of anilines is 3. The molecule has 0 saturated carbocycles. The highest BCUT2D eigenvalue weighted by Crippen LogP contribution is 2.26. The highest BCUT2D eigenvalue weighted by molar-refractivity contribution is 6.30. The summed E-state index contributed by atoms with van der Waals surface area (Å²) >= 11 is 5.89. The number of hydrogen-bond acceptors (Lipinski definition) is 6. The average Bonchev–Trinajstić information content (AvgIpc) is 2.63. The quantitative estimate of drug-likeness (QED) is 0.659. The van der Waals surface area contributed by atoms with Gasteiger partial charge >= 0.3 is 0 Å². The summed E-state index contributed by atoms with van der Waals surface area (Å²) in [7, 11) is 0. The molecule has 2 aromatic carbocycles. The summed E-state index contributed by atoms with van der Waals surface area (Å²) in [6.07, 6.45) is 1.58. The van der Waals surface area contributed by atoms with Gasteiger partial charge in [0.05, 0.1) is 18.5 Å². The molecular weight excluding hydrogens is 338 g/mol. The van der Waals surface area contributed by atoms with E-state index >= 15 is 0 Å². The van der Waals surface area contributed by atoms with Crippen molar-refractivity contribution in [2.45, 2.75) is 13.5 Å². The third-order valence-electron chi connectivity index (χ3n) is 3.38. The van der Waals surface area contributed by atoms with E-state index in [1.807, 2.05) is 55.5 Å². The van der Waals surface area contributed by atoms with Crippen LogP contribution in [0.3, 0.4) is 0 Å². The summed E-state index contributed by atoms with van der Waals surface area (Å²) in [5.74, 6) is 1.77. The molecule has 0 aliphatic rings. The summed E-state index contributed by atoms with van der Waals surface area (Å²) in [4.78, 5) is 4.42. The van der Waals surface area contributed by atoms with E-state index in [2.05, 4.69) is 25.8 Å². The van der Waals surface area contributed by atoms with Gasteiger partial charge in [-0.15, -0.1) is 5.10 Å². The van der Waals surface area contributed by atoms with Gasteiger partial charge in [0.1, 0.15) is 5.75 Å². The van der Waals surface area contributed by atoms with Gasteiger partial charge < -0.3 is 15.4 Å². The Bertz CT molecular complexity index is 826. The number of benzene rings is 2. The highest BCUT2D eigenvalue weighted by Gasteiger charge is 2.06. The molecule has 6 nitrogen and oxygen atoms in total. The number of nitrogens with one attached hydrogen (secondary N) is 2. The predicted molar refractivity (Wildman–Crippen MR) is 99.5 cm³/mol. The Morgan fingerprint density at radius 2 is 1.88 bits per heavy atom. The fourth-order valence-corrected chi connectivity index (χ4v) is 2.33. The summed E-state index contributed by atoms with van der Waals surface area (Å²) < 4.78 is 5.59. The summed E-state index contributed by atoms with van der Waals surface area (Å²) in [6, 6.07) is 15.3. The minimum atomic E-state index is 0.397. The Morgan fingerprint density at radius 3 is 2.68 bits per heavy atom. The van der Waals surface area contributed by atoms with E-state index in [4.69, 9.17) is 16.3 Å². The van der Waals surface area contributed by atoms with E-state index in [0.717, 1.165) is 17.0 Å². The van der Waals surface area contributed by atoms with Crippen LogP contribution in [-0.4, -0.2) is 21.8 Å². The van der Waals surface area contributed by atoms with E-state index in [0.29, 0.717) is 29.9 Å². The SMILES string of the molecule is CCOc1ccccc1Nc1nncc(NCc2ccc(Cl)cc2)n1. The largest absolute Gasteiger partial charge is 0.492 e. The third-order valence-corrected chi connectivity index (χ3v) is 3.63. The molecule has 0 aliphatic heterocycles. The molecule has 0 atom stereocenters. The minimum Gasteiger partial charge on any atom is -0.492 e. The van der Waals surface area contributed by atoms with Crippen LogP contribution in [0.5, 0.6) is 5.75 Å². The van der Waals surface area contributed by atoms with Crippen molar-refractivity contribution in [1.29, 1.82) is 0 Å². The molecule has 7 heteroatoms. The van der Waals surface area contributed by atoms with E-state index in [9.17, 15) is 0 Å². The van der Waals surface area contributed by atoms with E-state index < -0.39 is 0 Å². The lowest BCUT2D eigenvalue weighted by Crippen LogP contribution is -2.06. The maximum Gasteiger partial charge on any atom is 0.249 e. The minimum absolute atomic E-state index is 0.397. The monoisotopic (exact) mass is 355 g/mol. The lowest BCUT2D eigenvalue weighted by Gasteiger charge is -2.11. The molecule has 0 amide bonds. The molecule has 3 rings (SSSR count). The van der Waals surface area contributed by atoms with Crippen LogP contribution in [0.1, 0.15) is 12.5 Å². The summed E-state index contributed by atoms with van der Waals surface area (Å²) in [5, 5.41) is 15.1. The topological polar surface area (TPSA) is 72.0 Å². The lowest BCUT2D eigenvalue weighted by molar-refractivity contribution is 0.342. The Labute approximate surface area is 151 Å². The Balaban J connectivity index is 1.68. The molecule has 25 heavy (non-hydrogen) atoms. The zero-order valence-corrected chi connectivity index (χ0v) is 14.5. The fourth-order valence-electron chi connectivity index (χ4n) is 2.21. The van der Waals surface area contributed by atoms with Crippen LogP contribution < -0.4 is 15.4 Å². The first-order valence-electron chi connectivity index (χ1n) is 7.91. The van der Waals surface area contributed by atoms with Gasteiger partial charge in [0.15, 0.2) is 5.82 Å². The van der Waals surface area contributed by atoms with E-state index in [1.165, 1.54) is 0 Å². The number of nitrogens with zero attached hydrogens (tertiary/aromatic N) is 3. The first-order chi connectivity index (χ1) is 12.2. The number of ether oxygens (including phenoxy) is 1. The van der Waals surface area contributed by atoms with Crippen molar-refractivity contribution in [3.05, 3.63) is 65.3 Å². The van der Waals surface area contributed by atoms with Crippen molar-refractivity contribution in [3.8, 4) is 5.75 Å². The average molecular weight is 356 g/mol. The van der Waals surface area contributed by atoms with Crippen molar-refractivity contribution in [2.75, 3.05) is 17.2 Å². The fraction of sp³-hybridized carbons (Fsp3) is 0.167. The normalized spacial score (nSPS) is 10.3. The lowest BCUT2D eigenvalue weighted by atomic mass is 10.2. The zero-order valence-electron chi connectivity index (χ0n) is 13.7. The second-order valence-corrected chi connectivity index (χ2v) is 5.64. The molecule has 3 aromatic rings. The van der Waals surface area contributed by atoms with Crippen molar-refractivity contribution < 1.29 is 4.74 Å². The van der Waals surface area contributed by atoms with Gasteiger partial charge in [0.2, 0.25) is 5.95 Å². The number of rotatable bonds is 7. The molecule has 0 bridgehead atoms. The van der Waals surface area contributed by atoms with Gasteiger partial charge in [-0.05, 0) is 36.8 Å². The van der Waals surface area contributed by atoms with Gasteiger partial charge in [-0.3, -0.25) is 0 Å². The molecular formula is C18H18ClN5O. The van der Waals surface area contributed by atoms with Crippen LogP contribution in [0.15, 0.2) is 54.7 Å². The first kappa shape index (κ1) is 17.0. The Morgan fingerprint density at radius 1 is 1.08 bits per heavy atom. The molecule has 1 aromatic heterocycles. The van der Waals surface area contributed by atoms with Crippen LogP contribution in [0, 0.1) is 0 Å². The van der Waals surface area contributed by atoms with Crippen LogP contribution in [0.4, 0.5) is 17.5 Å². The van der Waals surface area contributed by atoms with E-state index in [1.54, 1.807) is 6.20 Å². The molecule has 128 valence electrons. The smallest absolute Gasteiger partial charge is 0.249 e. The number of para-hydroxylation sites is 2. The van der Waals surface area contributed by atoms with Gasteiger partial charge in [0, 0.05) is 11.6 Å². The molecule has 1 heterocycles. The van der Waals surface area contributed by atoms with Gasteiger partial charge in [0.25, 0.3) is 0 Å². The number of hydrogen-bond donors (Lipinski definition) is 2. The van der Waals surface area contributed by atoms with Crippen molar-refractivity contribution in [1.82, 2.24) is 15.2 Å². The second-order valence-electron chi connectivity index (χ2n) is 5.20. The molecule has 0 unspecified atom stereocenters. The van der Waals surface area contributed by atoms with Crippen LogP contribution in [-0.2, 0) is 6.54 Å². The Kier molecular flexibility index (Phi) is 5.64. The summed E-state index contributed by atoms with van der Waals surface area (Å²) in [5.41, 5.74) is 1.89. The highest BCUT2D eigenvalue weighted by atomic mass is 35.5. The molecule has 0 spiro atoms. The maximum atomic E-state index is 5.89. The first-order valence-corrected chi connectivity index (χ1v) is 8.29. The summed E-state index contributed by atoms with van der Waals surface area (Å²) in [6.45, 7) is 3.14. The molecule has 0 saturated heterocycles. The molecule has 2 N–H and O–H groups in total. The van der Waals surface area contributed by atoms with Gasteiger partial charge in [-0.2, -0.15) is 10.1 Å². The maximum absolute atomic E-state index is 5.89. The second kappa shape index (κ2) is 8.30. The van der Waals surface area contributed by atoms with Crippen LogP contribution in [0.2, 0.25) is 5.02 Å². The number of halogens is 1. The predicted octanol–water partition coefficient (Wildman–Crippen LogP) is 4.28. The third kappa shape index (κ3) is 4.81. The van der Waals surface area contributed by atoms with Crippen LogP contribution >= 0.6 is 11.6 Å². The van der Waals surface area contributed by atoms with Gasteiger partial charge in [-0.25, -0.2) is 0 Å². The molecule has 0 fully saturated rings. The molecule has 0 aliphatic carbocycles. The zero-order chi connectivity index (χ0) is 17.5. The standard InChI is InChI=1S/C18H18ClN5O/c1-2-25-16-6-4-3-5-15(16)22-18-23-17(12-21-24-18)20-11-13-7-9-14(19)10-8-13/h3-10,12H,2,11H2,1H3,(H2,20,22,23,24). The van der Waals surface area contributed by atoms with Crippen molar-refractivity contribution in [2.24, 2.45) is 0 Å². The Hall–Kier alpha value is -2.86. The molecule has 0 radical (unpaired) electrons. The van der Waals surface area contributed by atoms with E-state index in [-0.39, 0.29) is 0 Å². The van der Waals surface area contributed by atoms with Crippen LogP contribution in [0.25, 0.3) is 0 Å². The van der Waals surface area contributed by atoms with Crippen molar-refractivity contribution in [3.63, 3.8) is 0 Å². The van der Waals surface area contributed by atoms with Gasteiger partial charge in [-0.1, -0.05) is 35.9 Å².